The summed E-state index contributed by atoms with van der Waals surface area (Å²) in [4.78, 5) is 12.4. The number of carbonyl (C=O) groups excluding carboxylic acids is 1. The first-order valence-corrected chi connectivity index (χ1v) is 9.85. The zero-order valence-corrected chi connectivity index (χ0v) is 15.8. The first-order chi connectivity index (χ1) is 12.7. The fraction of sp³-hybridized carbons (Fsp3) is 0.278. The molecule has 0 radical (unpaired) electrons. The SMILES string of the molecule is Cc1ccc(NC(C)C(=O)NCc2ccc3c(c2)OCO3)cc1S(N)(=O)=O. The number of ether oxygens (including phenoxy) is 2. The molecule has 144 valence electrons. The van der Waals surface area contributed by atoms with Crippen LogP contribution in [-0.2, 0) is 21.4 Å². The number of anilines is 1. The van der Waals surface area contributed by atoms with Crippen molar-refractivity contribution in [1.82, 2.24) is 5.32 Å². The topological polar surface area (TPSA) is 120 Å². The van der Waals surface area contributed by atoms with Crippen LogP contribution in [0, 0.1) is 6.92 Å². The standard InChI is InChI=1S/C18H21N3O5S/c1-11-3-5-14(8-17(11)27(19,23)24)21-12(2)18(22)20-9-13-4-6-15-16(7-13)26-10-25-15/h3-8,12,21H,9-10H2,1-2H3,(H,20,22)(H2,19,23,24). The third kappa shape index (κ3) is 4.50. The molecule has 0 fully saturated rings. The summed E-state index contributed by atoms with van der Waals surface area (Å²) in [5.74, 6) is 1.11. The number of benzene rings is 2. The molecule has 0 spiro atoms. The van der Waals surface area contributed by atoms with E-state index in [-0.39, 0.29) is 17.6 Å². The Morgan fingerprint density at radius 2 is 1.93 bits per heavy atom. The lowest BCUT2D eigenvalue weighted by Crippen LogP contribution is -2.37. The van der Waals surface area contributed by atoms with Crippen molar-refractivity contribution in [1.29, 1.82) is 0 Å². The van der Waals surface area contributed by atoms with Crippen LogP contribution in [-0.4, -0.2) is 27.2 Å². The van der Waals surface area contributed by atoms with Gasteiger partial charge in [-0.25, -0.2) is 13.6 Å². The summed E-state index contributed by atoms with van der Waals surface area (Å²) in [5.41, 5.74) is 1.92. The average molecular weight is 391 g/mol. The molecule has 2 aromatic rings. The maximum Gasteiger partial charge on any atom is 0.242 e. The molecule has 0 saturated carbocycles. The molecule has 1 heterocycles. The highest BCUT2D eigenvalue weighted by atomic mass is 32.2. The number of carbonyl (C=O) groups is 1. The van der Waals surface area contributed by atoms with Crippen LogP contribution in [0.25, 0.3) is 0 Å². The normalized spacial score (nSPS) is 13.9. The molecule has 1 amide bonds. The van der Waals surface area contributed by atoms with Gasteiger partial charge in [-0.3, -0.25) is 4.79 Å². The van der Waals surface area contributed by atoms with Gasteiger partial charge < -0.3 is 20.1 Å². The van der Waals surface area contributed by atoms with Crippen LogP contribution in [0.3, 0.4) is 0 Å². The lowest BCUT2D eigenvalue weighted by atomic mass is 10.2. The van der Waals surface area contributed by atoms with E-state index in [4.69, 9.17) is 14.6 Å². The predicted octanol–water partition coefficient (Wildman–Crippen LogP) is 1.49. The van der Waals surface area contributed by atoms with E-state index < -0.39 is 16.1 Å². The summed E-state index contributed by atoms with van der Waals surface area (Å²) >= 11 is 0. The van der Waals surface area contributed by atoms with E-state index in [0.717, 1.165) is 5.56 Å². The van der Waals surface area contributed by atoms with Crippen molar-refractivity contribution < 1.29 is 22.7 Å². The monoisotopic (exact) mass is 391 g/mol. The first-order valence-electron chi connectivity index (χ1n) is 8.30. The van der Waals surface area contributed by atoms with E-state index in [1.165, 1.54) is 6.07 Å². The predicted molar refractivity (Wildman–Crippen MR) is 100 cm³/mol. The summed E-state index contributed by atoms with van der Waals surface area (Å²) in [5, 5.41) is 11.0. The Bertz CT molecular complexity index is 975. The number of rotatable bonds is 6. The molecule has 4 N–H and O–H groups in total. The molecule has 0 bridgehead atoms. The van der Waals surface area contributed by atoms with Crippen LogP contribution >= 0.6 is 0 Å². The minimum absolute atomic E-state index is 0.0282. The minimum atomic E-state index is -3.83. The van der Waals surface area contributed by atoms with Gasteiger partial charge in [-0.15, -0.1) is 0 Å². The van der Waals surface area contributed by atoms with Crippen LogP contribution in [0.15, 0.2) is 41.3 Å². The Balaban J connectivity index is 1.61. The number of nitrogens with two attached hydrogens (primary N) is 1. The number of sulfonamides is 1. The molecule has 1 aliphatic heterocycles. The number of aryl methyl sites for hydroxylation is 1. The third-order valence-electron chi connectivity index (χ3n) is 4.17. The Morgan fingerprint density at radius 1 is 1.19 bits per heavy atom. The van der Waals surface area contributed by atoms with Crippen molar-refractivity contribution in [2.24, 2.45) is 5.14 Å². The van der Waals surface area contributed by atoms with E-state index in [0.29, 0.717) is 29.3 Å². The zero-order chi connectivity index (χ0) is 19.6. The van der Waals surface area contributed by atoms with Crippen molar-refractivity contribution >= 4 is 21.6 Å². The van der Waals surface area contributed by atoms with Crippen molar-refractivity contribution in [3.8, 4) is 11.5 Å². The molecule has 0 aliphatic carbocycles. The van der Waals surface area contributed by atoms with Gasteiger partial charge in [0.2, 0.25) is 22.7 Å². The van der Waals surface area contributed by atoms with Gasteiger partial charge in [0.05, 0.1) is 4.90 Å². The maximum absolute atomic E-state index is 12.3. The smallest absolute Gasteiger partial charge is 0.242 e. The van der Waals surface area contributed by atoms with Crippen molar-refractivity contribution in [3.63, 3.8) is 0 Å². The number of fused-ring (bicyclic) bond motifs is 1. The lowest BCUT2D eigenvalue weighted by molar-refractivity contribution is -0.121. The van der Waals surface area contributed by atoms with E-state index >= 15 is 0 Å². The highest BCUT2D eigenvalue weighted by molar-refractivity contribution is 7.89. The Kier molecular flexibility index (Phi) is 5.24. The van der Waals surface area contributed by atoms with Gasteiger partial charge in [-0.05, 0) is 49.2 Å². The number of primary sulfonamides is 1. The Morgan fingerprint density at radius 3 is 2.67 bits per heavy atom. The third-order valence-corrected chi connectivity index (χ3v) is 5.23. The average Bonchev–Trinajstić information content (AvgIpc) is 3.08. The molecular weight excluding hydrogens is 370 g/mol. The van der Waals surface area contributed by atoms with Gasteiger partial charge >= 0.3 is 0 Å². The molecule has 1 unspecified atom stereocenters. The summed E-state index contributed by atoms with van der Waals surface area (Å²) in [6, 6.07) is 9.66. The van der Waals surface area contributed by atoms with E-state index in [1.807, 2.05) is 12.1 Å². The fourth-order valence-electron chi connectivity index (χ4n) is 2.71. The summed E-state index contributed by atoms with van der Waals surface area (Å²) in [7, 11) is -3.83. The second-order valence-corrected chi connectivity index (χ2v) is 7.83. The zero-order valence-electron chi connectivity index (χ0n) is 15.0. The molecule has 9 heteroatoms. The molecule has 1 atom stereocenters. The molecule has 0 saturated heterocycles. The maximum atomic E-state index is 12.3. The summed E-state index contributed by atoms with van der Waals surface area (Å²) < 4.78 is 33.8. The van der Waals surface area contributed by atoms with Gasteiger partial charge in [-0.2, -0.15) is 0 Å². The van der Waals surface area contributed by atoms with Crippen LogP contribution in [0.1, 0.15) is 18.1 Å². The van der Waals surface area contributed by atoms with Crippen LogP contribution < -0.4 is 25.2 Å². The minimum Gasteiger partial charge on any atom is -0.454 e. The second kappa shape index (κ2) is 7.45. The van der Waals surface area contributed by atoms with Gasteiger partial charge in [0.1, 0.15) is 6.04 Å². The molecule has 27 heavy (non-hydrogen) atoms. The quantitative estimate of drug-likeness (QED) is 0.686. The lowest BCUT2D eigenvalue weighted by Gasteiger charge is -2.16. The first kappa shape index (κ1) is 19.0. The molecule has 2 aromatic carbocycles. The van der Waals surface area contributed by atoms with Crippen molar-refractivity contribution in [2.45, 2.75) is 31.3 Å². The van der Waals surface area contributed by atoms with Crippen molar-refractivity contribution in [2.75, 3.05) is 12.1 Å². The summed E-state index contributed by atoms with van der Waals surface area (Å²) in [6.45, 7) is 3.87. The molecule has 8 nitrogen and oxygen atoms in total. The number of nitrogens with one attached hydrogen (secondary N) is 2. The molecule has 0 aromatic heterocycles. The number of hydrogen-bond acceptors (Lipinski definition) is 6. The van der Waals surface area contributed by atoms with Gasteiger partial charge in [0.15, 0.2) is 11.5 Å². The van der Waals surface area contributed by atoms with Crippen LogP contribution in [0.2, 0.25) is 0 Å². The largest absolute Gasteiger partial charge is 0.454 e. The summed E-state index contributed by atoms with van der Waals surface area (Å²) in [6.07, 6.45) is 0. The molecule has 3 rings (SSSR count). The molecule has 1 aliphatic rings. The van der Waals surface area contributed by atoms with Gasteiger partial charge in [0, 0.05) is 12.2 Å². The second-order valence-electron chi connectivity index (χ2n) is 6.30. The Labute approximate surface area is 157 Å². The highest BCUT2D eigenvalue weighted by Crippen LogP contribution is 2.32. The highest BCUT2D eigenvalue weighted by Gasteiger charge is 2.17. The van der Waals surface area contributed by atoms with E-state index in [2.05, 4.69) is 10.6 Å². The van der Waals surface area contributed by atoms with E-state index in [9.17, 15) is 13.2 Å². The van der Waals surface area contributed by atoms with Crippen LogP contribution in [0.4, 0.5) is 5.69 Å². The fourth-order valence-corrected chi connectivity index (χ4v) is 3.51. The van der Waals surface area contributed by atoms with Gasteiger partial charge in [0.25, 0.3) is 0 Å². The van der Waals surface area contributed by atoms with Crippen molar-refractivity contribution in [3.05, 3.63) is 47.5 Å². The molecular formula is C18H21N3O5S. The van der Waals surface area contributed by atoms with Crippen LogP contribution in [0.5, 0.6) is 11.5 Å². The van der Waals surface area contributed by atoms with Gasteiger partial charge in [-0.1, -0.05) is 12.1 Å². The number of hydrogen-bond donors (Lipinski definition) is 3. The van der Waals surface area contributed by atoms with E-state index in [1.54, 1.807) is 32.0 Å². The number of amides is 1. The Hall–Kier alpha value is -2.78.